The van der Waals surface area contributed by atoms with Gasteiger partial charge in [-0.25, -0.2) is 0 Å². The van der Waals surface area contributed by atoms with Crippen LogP contribution in [0.25, 0.3) is 0 Å². The Morgan fingerprint density at radius 2 is 1.44 bits per heavy atom. The number of nitrogen functional groups attached to an aromatic ring is 1. The molecule has 0 aliphatic carbocycles. The van der Waals surface area contributed by atoms with E-state index in [0.717, 1.165) is 5.69 Å². The molecule has 1 nitrogen and oxygen atoms in total. The molecule has 0 amide bonds. The van der Waals surface area contributed by atoms with Gasteiger partial charge in [-0.3, -0.25) is 0 Å². The minimum Gasteiger partial charge on any atom is -0.399 e. The summed E-state index contributed by atoms with van der Waals surface area (Å²) < 4.78 is 0. The quantitative estimate of drug-likeness (QED) is 0.698. The number of benzene rings is 1. The highest BCUT2D eigenvalue weighted by atomic mass is 14.5. The molecule has 2 N–H and O–H groups in total. The Labute approximate surface area is 114 Å². The highest BCUT2D eigenvalue weighted by molar-refractivity contribution is 5.42. The Balaban J connectivity index is 0.000000360. The smallest absolute Gasteiger partial charge is 0.0316 e. The second-order valence-electron chi connectivity index (χ2n) is 6.75. The van der Waals surface area contributed by atoms with Crippen LogP contribution in [0.5, 0.6) is 0 Å². The molecule has 18 heavy (non-hydrogen) atoms. The van der Waals surface area contributed by atoms with Crippen LogP contribution in [-0.2, 0) is 5.41 Å². The first-order chi connectivity index (χ1) is 8.12. The van der Waals surface area contributed by atoms with Crippen molar-refractivity contribution < 1.29 is 0 Å². The van der Waals surface area contributed by atoms with Gasteiger partial charge in [-0.15, -0.1) is 0 Å². The van der Waals surface area contributed by atoms with Crippen LogP contribution in [0.1, 0.15) is 66.9 Å². The lowest BCUT2D eigenvalue weighted by Crippen LogP contribution is -2.10. The summed E-state index contributed by atoms with van der Waals surface area (Å²) in [6.07, 6.45) is 2.59. The van der Waals surface area contributed by atoms with E-state index in [0.29, 0.717) is 5.41 Å². The van der Waals surface area contributed by atoms with Gasteiger partial charge in [-0.2, -0.15) is 0 Å². The third-order valence-corrected chi connectivity index (χ3v) is 3.67. The van der Waals surface area contributed by atoms with Crippen molar-refractivity contribution in [2.24, 2.45) is 5.41 Å². The van der Waals surface area contributed by atoms with E-state index in [1.807, 2.05) is 18.2 Å². The summed E-state index contributed by atoms with van der Waals surface area (Å²) in [4.78, 5) is 0. The average Bonchev–Trinajstić information content (AvgIpc) is 2.29. The zero-order chi connectivity index (χ0) is 14.4. The van der Waals surface area contributed by atoms with E-state index in [9.17, 15) is 0 Å². The monoisotopic (exact) mass is 249 g/mol. The lowest BCUT2D eigenvalue weighted by molar-refractivity contribution is 0.338. The normalized spacial score (nSPS) is 11.7. The van der Waals surface area contributed by atoms with Crippen LogP contribution in [0.15, 0.2) is 24.3 Å². The van der Waals surface area contributed by atoms with E-state index < -0.39 is 0 Å². The molecule has 0 aromatic heterocycles. The van der Waals surface area contributed by atoms with Gasteiger partial charge in [0.2, 0.25) is 0 Å². The average molecular weight is 249 g/mol. The molecule has 0 aliphatic heterocycles. The second-order valence-corrected chi connectivity index (χ2v) is 6.75. The van der Waals surface area contributed by atoms with Gasteiger partial charge < -0.3 is 5.73 Å². The molecule has 0 radical (unpaired) electrons. The van der Waals surface area contributed by atoms with Gasteiger partial charge in [-0.05, 0) is 28.5 Å². The van der Waals surface area contributed by atoms with Gasteiger partial charge in [0, 0.05) is 5.69 Å². The number of anilines is 1. The Bertz CT molecular complexity index is 339. The number of hydrogen-bond acceptors (Lipinski definition) is 1. The Hall–Kier alpha value is -0.980. The molecule has 0 unspecified atom stereocenters. The topological polar surface area (TPSA) is 26.0 Å². The summed E-state index contributed by atoms with van der Waals surface area (Å²) in [6, 6.07) is 8.04. The van der Waals surface area contributed by atoms with Crippen molar-refractivity contribution in [2.45, 2.75) is 66.7 Å². The van der Waals surface area contributed by atoms with Crippen molar-refractivity contribution in [3.05, 3.63) is 29.8 Å². The number of rotatable bonds is 2. The van der Waals surface area contributed by atoms with Gasteiger partial charge in [0.25, 0.3) is 0 Å². The fraction of sp³-hybridized carbons (Fsp3) is 0.647. The van der Waals surface area contributed by atoms with Crippen LogP contribution in [0, 0.1) is 5.41 Å². The zero-order valence-corrected chi connectivity index (χ0v) is 13.3. The van der Waals surface area contributed by atoms with E-state index in [-0.39, 0.29) is 5.41 Å². The minimum absolute atomic E-state index is 0.204. The van der Waals surface area contributed by atoms with Crippen LogP contribution >= 0.6 is 0 Å². The summed E-state index contributed by atoms with van der Waals surface area (Å²) in [6.45, 7) is 15.6. The molecule has 1 rings (SSSR count). The summed E-state index contributed by atoms with van der Waals surface area (Å²) in [7, 11) is 0. The van der Waals surface area contributed by atoms with Crippen LogP contribution in [0.4, 0.5) is 5.69 Å². The molecule has 0 saturated carbocycles. The summed E-state index contributed by atoms with van der Waals surface area (Å²) in [5.74, 6) is 0. The van der Waals surface area contributed by atoms with Crippen LogP contribution in [-0.4, -0.2) is 0 Å². The molecule has 1 aromatic rings. The zero-order valence-electron chi connectivity index (χ0n) is 13.3. The molecular weight excluding hydrogens is 218 g/mol. The maximum Gasteiger partial charge on any atom is 0.0316 e. The minimum atomic E-state index is 0.204. The predicted octanol–water partition coefficient (Wildman–Crippen LogP) is 5.40. The summed E-state index contributed by atoms with van der Waals surface area (Å²) in [5.41, 5.74) is 8.58. The second kappa shape index (κ2) is 6.82. The van der Waals surface area contributed by atoms with Crippen LogP contribution in [0.2, 0.25) is 0 Å². The van der Waals surface area contributed by atoms with Crippen LogP contribution in [0.3, 0.4) is 0 Å². The van der Waals surface area contributed by atoms with E-state index in [4.69, 9.17) is 5.73 Å². The van der Waals surface area contributed by atoms with Crippen molar-refractivity contribution >= 4 is 5.69 Å². The van der Waals surface area contributed by atoms with Crippen molar-refractivity contribution in [3.8, 4) is 0 Å². The molecule has 0 spiro atoms. The first-order valence-corrected chi connectivity index (χ1v) is 6.98. The molecule has 0 atom stereocenters. The van der Waals surface area contributed by atoms with Gasteiger partial charge in [0.05, 0.1) is 0 Å². The molecule has 0 bridgehead atoms. The van der Waals surface area contributed by atoms with Gasteiger partial charge in [-0.1, -0.05) is 73.4 Å². The van der Waals surface area contributed by atoms with E-state index in [2.05, 4.69) is 54.5 Å². The molecule has 104 valence electrons. The van der Waals surface area contributed by atoms with Crippen molar-refractivity contribution in [2.75, 3.05) is 5.73 Å². The van der Waals surface area contributed by atoms with Gasteiger partial charge >= 0.3 is 0 Å². The number of nitrogens with two attached hydrogens (primary N) is 1. The lowest BCUT2D eigenvalue weighted by atomic mass is 9.87. The van der Waals surface area contributed by atoms with E-state index in [1.165, 1.54) is 18.4 Å². The Morgan fingerprint density at radius 1 is 0.944 bits per heavy atom. The highest BCUT2D eigenvalue weighted by Gasteiger charge is 2.12. The predicted molar refractivity (Wildman–Crippen MR) is 83.9 cm³/mol. The third-order valence-electron chi connectivity index (χ3n) is 3.67. The SMILES string of the molecule is CC(C)(C)c1cccc(N)c1.CCC(C)(C)CC. The van der Waals surface area contributed by atoms with Crippen molar-refractivity contribution in [1.82, 2.24) is 0 Å². The molecule has 1 heteroatoms. The van der Waals surface area contributed by atoms with Crippen molar-refractivity contribution in [3.63, 3.8) is 0 Å². The van der Waals surface area contributed by atoms with Gasteiger partial charge in [0.1, 0.15) is 0 Å². The van der Waals surface area contributed by atoms with Crippen LogP contribution < -0.4 is 5.73 Å². The fourth-order valence-electron chi connectivity index (χ4n) is 1.26. The van der Waals surface area contributed by atoms with E-state index >= 15 is 0 Å². The summed E-state index contributed by atoms with van der Waals surface area (Å²) in [5, 5.41) is 0. The number of hydrogen-bond donors (Lipinski definition) is 1. The molecule has 1 aromatic carbocycles. The lowest BCUT2D eigenvalue weighted by Gasteiger charge is -2.18. The summed E-state index contributed by atoms with van der Waals surface area (Å²) >= 11 is 0. The standard InChI is InChI=1S/C10H15N.C7H16/c1-10(2,3)8-5-4-6-9(11)7-8;1-5-7(3,4)6-2/h4-7H,11H2,1-3H3;5-6H2,1-4H3. The molecular formula is C17H31N. The molecule has 0 saturated heterocycles. The first-order valence-electron chi connectivity index (χ1n) is 6.98. The Kier molecular flexibility index (Phi) is 6.45. The van der Waals surface area contributed by atoms with Gasteiger partial charge in [0.15, 0.2) is 0 Å². The van der Waals surface area contributed by atoms with Crippen molar-refractivity contribution in [1.29, 1.82) is 0 Å². The molecule has 0 aliphatic rings. The fourth-order valence-corrected chi connectivity index (χ4v) is 1.26. The Morgan fingerprint density at radius 3 is 1.67 bits per heavy atom. The molecule has 0 heterocycles. The maximum atomic E-state index is 5.66. The molecule has 0 fully saturated rings. The third kappa shape index (κ3) is 6.68. The largest absolute Gasteiger partial charge is 0.399 e. The van der Waals surface area contributed by atoms with E-state index in [1.54, 1.807) is 0 Å². The first kappa shape index (κ1) is 17.0. The highest BCUT2D eigenvalue weighted by Crippen LogP contribution is 2.23. The maximum absolute atomic E-state index is 5.66.